The average Bonchev–Trinajstić information content (AvgIpc) is 2.47. The van der Waals surface area contributed by atoms with Gasteiger partial charge in [0.05, 0.1) is 4.92 Å². The van der Waals surface area contributed by atoms with E-state index in [2.05, 4.69) is 0 Å². The predicted molar refractivity (Wildman–Crippen MR) is 91.2 cm³/mol. The normalized spacial score (nSPS) is 12.0. The molecule has 2 rings (SSSR count). The smallest absolute Gasteiger partial charge is 0.269 e. The van der Waals surface area contributed by atoms with Crippen LogP contribution in [0.2, 0.25) is 10.0 Å². The van der Waals surface area contributed by atoms with Gasteiger partial charge in [0, 0.05) is 39.3 Å². The van der Waals surface area contributed by atoms with Crippen LogP contribution in [0.3, 0.4) is 0 Å². The summed E-state index contributed by atoms with van der Waals surface area (Å²) in [6.07, 6.45) is 0.466. The first kappa shape index (κ1) is 17.5. The third kappa shape index (κ3) is 4.58. The van der Waals surface area contributed by atoms with Gasteiger partial charge < -0.3 is 10.5 Å². The van der Waals surface area contributed by atoms with E-state index in [1.54, 1.807) is 24.3 Å². The Morgan fingerprint density at radius 2 is 1.91 bits per heavy atom. The minimum atomic E-state index is -0.445. The Bertz CT molecular complexity index is 700. The van der Waals surface area contributed by atoms with E-state index in [4.69, 9.17) is 33.7 Å². The third-order valence-electron chi connectivity index (χ3n) is 3.23. The zero-order chi connectivity index (χ0) is 17.0. The fourth-order valence-electron chi connectivity index (χ4n) is 2.15. The number of benzene rings is 2. The summed E-state index contributed by atoms with van der Waals surface area (Å²) in [5.74, 6) is 0.531. The molecule has 5 nitrogen and oxygen atoms in total. The second-order valence-electron chi connectivity index (χ2n) is 5.22. The molecular formula is C16H16Cl2N2O3. The molecule has 0 fully saturated rings. The lowest BCUT2D eigenvalue weighted by molar-refractivity contribution is -0.384. The van der Waals surface area contributed by atoms with Crippen LogP contribution in [-0.4, -0.2) is 11.0 Å². The minimum absolute atomic E-state index is 0.00350. The van der Waals surface area contributed by atoms with Gasteiger partial charge in [-0.05, 0) is 31.5 Å². The highest BCUT2D eigenvalue weighted by Gasteiger charge is 2.14. The van der Waals surface area contributed by atoms with E-state index in [9.17, 15) is 10.1 Å². The molecular weight excluding hydrogens is 339 g/mol. The Hall–Kier alpha value is -1.82. The largest absolute Gasteiger partial charge is 0.489 e. The topological polar surface area (TPSA) is 78.4 Å². The molecule has 0 bridgehead atoms. The summed E-state index contributed by atoms with van der Waals surface area (Å²) in [5.41, 5.74) is 7.16. The van der Waals surface area contributed by atoms with Gasteiger partial charge in [-0.15, -0.1) is 0 Å². The quantitative estimate of drug-likeness (QED) is 0.616. The third-order valence-corrected chi connectivity index (χ3v) is 3.94. The van der Waals surface area contributed by atoms with Crippen molar-refractivity contribution in [2.24, 2.45) is 5.73 Å². The Morgan fingerprint density at radius 1 is 1.26 bits per heavy atom. The lowest BCUT2D eigenvalue weighted by Crippen LogP contribution is -2.18. The molecule has 0 aromatic heterocycles. The summed E-state index contributed by atoms with van der Waals surface area (Å²) in [4.78, 5) is 10.5. The highest BCUT2D eigenvalue weighted by atomic mass is 35.5. The van der Waals surface area contributed by atoms with Gasteiger partial charge >= 0.3 is 0 Å². The van der Waals surface area contributed by atoms with Gasteiger partial charge in [-0.3, -0.25) is 10.1 Å². The van der Waals surface area contributed by atoms with E-state index in [1.807, 2.05) is 6.92 Å². The van der Waals surface area contributed by atoms with Crippen molar-refractivity contribution in [3.8, 4) is 5.75 Å². The van der Waals surface area contributed by atoms with E-state index in [0.29, 0.717) is 33.3 Å². The van der Waals surface area contributed by atoms with E-state index < -0.39 is 4.92 Å². The average molecular weight is 355 g/mol. The van der Waals surface area contributed by atoms with Crippen LogP contribution in [-0.2, 0) is 13.0 Å². The summed E-state index contributed by atoms with van der Waals surface area (Å²) < 4.78 is 5.77. The first-order valence-corrected chi connectivity index (χ1v) is 7.72. The van der Waals surface area contributed by atoms with Gasteiger partial charge in [0.25, 0.3) is 5.69 Å². The Morgan fingerprint density at radius 3 is 2.48 bits per heavy atom. The van der Waals surface area contributed by atoms with Crippen molar-refractivity contribution in [1.29, 1.82) is 0 Å². The van der Waals surface area contributed by atoms with Crippen molar-refractivity contribution in [1.82, 2.24) is 0 Å². The van der Waals surface area contributed by atoms with Crippen LogP contribution in [0, 0.1) is 10.1 Å². The molecule has 2 aromatic carbocycles. The number of ether oxygens (including phenoxy) is 1. The first-order chi connectivity index (χ1) is 10.9. The van der Waals surface area contributed by atoms with Gasteiger partial charge in [-0.2, -0.15) is 0 Å². The predicted octanol–water partition coefficient (Wildman–Crippen LogP) is 4.37. The molecule has 2 N–H and O–H groups in total. The summed E-state index contributed by atoms with van der Waals surface area (Å²) in [6.45, 7) is 2.00. The number of hydrogen-bond acceptors (Lipinski definition) is 4. The summed E-state index contributed by atoms with van der Waals surface area (Å²) in [6, 6.07) is 9.50. The molecule has 0 aliphatic heterocycles. The molecule has 1 unspecified atom stereocenters. The minimum Gasteiger partial charge on any atom is -0.489 e. The van der Waals surface area contributed by atoms with E-state index in [1.165, 1.54) is 12.1 Å². The maximum atomic E-state index is 10.9. The maximum absolute atomic E-state index is 10.9. The van der Waals surface area contributed by atoms with Crippen molar-refractivity contribution in [3.05, 3.63) is 67.7 Å². The number of nitrogens with two attached hydrogens (primary N) is 1. The van der Waals surface area contributed by atoms with E-state index >= 15 is 0 Å². The molecule has 0 aliphatic carbocycles. The fraction of sp³-hybridized carbons (Fsp3) is 0.250. The first-order valence-electron chi connectivity index (χ1n) is 6.97. The molecule has 23 heavy (non-hydrogen) atoms. The second-order valence-corrected chi connectivity index (χ2v) is 6.03. The molecule has 0 amide bonds. The molecule has 122 valence electrons. The van der Waals surface area contributed by atoms with Gasteiger partial charge in [0.1, 0.15) is 12.4 Å². The highest BCUT2D eigenvalue weighted by Crippen LogP contribution is 2.29. The molecule has 0 saturated carbocycles. The Labute approximate surface area is 144 Å². The molecule has 2 aromatic rings. The van der Waals surface area contributed by atoms with E-state index in [-0.39, 0.29) is 18.3 Å². The second kappa shape index (κ2) is 7.64. The van der Waals surface area contributed by atoms with Crippen LogP contribution in [0.1, 0.15) is 18.1 Å². The number of nitro benzene ring substituents is 1. The zero-order valence-electron chi connectivity index (χ0n) is 12.5. The van der Waals surface area contributed by atoms with Gasteiger partial charge in [0.15, 0.2) is 0 Å². The van der Waals surface area contributed by atoms with Crippen molar-refractivity contribution in [2.45, 2.75) is 26.0 Å². The lowest BCUT2D eigenvalue weighted by atomic mass is 10.1. The fourth-order valence-corrected chi connectivity index (χ4v) is 2.65. The maximum Gasteiger partial charge on any atom is 0.269 e. The Balaban J connectivity index is 2.26. The van der Waals surface area contributed by atoms with Crippen LogP contribution in [0.5, 0.6) is 5.75 Å². The van der Waals surface area contributed by atoms with Crippen LogP contribution >= 0.6 is 23.2 Å². The summed E-state index contributed by atoms with van der Waals surface area (Å²) >= 11 is 12.2. The van der Waals surface area contributed by atoms with Gasteiger partial charge in [-0.25, -0.2) is 0 Å². The van der Waals surface area contributed by atoms with Gasteiger partial charge in [0.2, 0.25) is 0 Å². The molecule has 0 heterocycles. The zero-order valence-corrected chi connectivity index (χ0v) is 14.0. The molecule has 0 aliphatic rings. The molecule has 7 heteroatoms. The number of non-ortho nitro benzene ring substituents is 1. The summed E-state index contributed by atoms with van der Waals surface area (Å²) in [7, 11) is 0. The number of nitro groups is 1. The molecule has 0 spiro atoms. The van der Waals surface area contributed by atoms with Crippen molar-refractivity contribution in [3.63, 3.8) is 0 Å². The molecule has 1 atom stereocenters. The van der Waals surface area contributed by atoms with Crippen LogP contribution in [0.15, 0.2) is 36.4 Å². The number of nitrogens with zero attached hydrogens (tertiary/aromatic N) is 1. The SMILES string of the molecule is CC(N)Cc1cc([N+](=O)[O-])ccc1OCc1c(Cl)cccc1Cl. The van der Waals surface area contributed by atoms with E-state index in [0.717, 1.165) is 0 Å². The molecule has 0 saturated heterocycles. The highest BCUT2D eigenvalue weighted by molar-refractivity contribution is 6.35. The Kier molecular flexibility index (Phi) is 5.82. The standard InChI is InChI=1S/C16H16Cl2N2O3/c1-10(19)7-11-8-12(20(21)22)5-6-16(11)23-9-13-14(17)3-2-4-15(13)18/h2-6,8,10H,7,9,19H2,1H3. The summed E-state index contributed by atoms with van der Waals surface area (Å²) in [5, 5.41) is 11.9. The number of halogens is 2. The lowest BCUT2D eigenvalue weighted by Gasteiger charge is -2.14. The molecule has 0 radical (unpaired) electrons. The monoisotopic (exact) mass is 354 g/mol. The van der Waals surface area contributed by atoms with Gasteiger partial charge in [-0.1, -0.05) is 29.3 Å². The van der Waals surface area contributed by atoms with Crippen LogP contribution in [0.25, 0.3) is 0 Å². The number of rotatable bonds is 6. The van der Waals surface area contributed by atoms with Crippen molar-refractivity contribution < 1.29 is 9.66 Å². The van der Waals surface area contributed by atoms with Crippen molar-refractivity contribution >= 4 is 28.9 Å². The number of hydrogen-bond donors (Lipinski definition) is 1. The van der Waals surface area contributed by atoms with Crippen molar-refractivity contribution in [2.75, 3.05) is 0 Å². The van der Waals surface area contributed by atoms with Crippen LogP contribution in [0.4, 0.5) is 5.69 Å². The van der Waals surface area contributed by atoms with Crippen LogP contribution < -0.4 is 10.5 Å².